The van der Waals surface area contributed by atoms with Crippen LogP contribution >= 0.6 is 0 Å². The molecule has 0 aliphatic heterocycles. The Morgan fingerprint density at radius 2 is 1.50 bits per heavy atom. The molecule has 1 aromatic rings. The highest BCUT2D eigenvalue weighted by Gasteiger charge is 2.04. The van der Waals surface area contributed by atoms with Gasteiger partial charge in [-0.25, -0.2) is 0 Å². The van der Waals surface area contributed by atoms with Crippen LogP contribution in [0.15, 0.2) is 18.2 Å². The highest BCUT2D eigenvalue weighted by atomic mass is 14.1. The summed E-state index contributed by atoms with van der Waals surface area (Å²) in [5.74, 6) is 0.650. The van der Waals surface area contributed by atoms with Crippen molar-refractivity contribution in [1.29, 1.82) is 0 Å². The maximum atomic E-state index is 2.41. The van der Waals surface area contributed by atoms with Crippen LogP contribution in [0.2, 0.25) is 0 Å². The second kappa shape index (κ2) is 6.73. The molecule has 0 aliphatic rings. The fourth-order valence-corrected chi connectivity index (χ4v) is 2.08. The lowest BCUT2D eigenvalue weighted by molar-refractivity contribution is 0.785. The molecule has 0 amide bonds. The minimum absolute atomic E-state index is 0.650. The molecule has 90 valence electrons. The number of hydrogen-bond donors (Lipinski definition) is 0. The van der Waals surface area contributed by atoms with Crippen LogP contribution in [0.4, 0.5) is 0 Å². The zero-order chi connectivity index (χ0) is 12.0. The van der Waals surface area contributed by atoms with Crippen LogP contribution in [0.1, 0.15) is 69.6 Å². The molecule has 1 rings (SSSR count). The molecule has 0 saturated heterocycles. The number of unbranched alkanes of at least 4 members (excludes halogenated alkanes) is 1. The standard InChI is InChI=1S/C16H26/c1-5-7-9-15-10-14(8-6-2)11-16(12-15)13(3)4/h10-13H,5-9H2,1-4H3. The first-order valence-electron chi connectivity index (χ1n) is 6.80. The Morgan fingerprint density at radius 3 is 2.00 bits per heavy atom. The third-order valence-electron chi connectivity index (χ3n) is 3.10. The quantitative estimate of drug-likeness (QED) is 0.622. The lowest BCUT2D eigenvalue weighted by atomic mass is 9.94. The van der Waals surface area contributed by atoms with E-state index in [1.54, 1.807) is 0 Å². The van der Waals surface area contributed by atoms with Crippen molar-refractivity contribution in [1.82, 2.24) is 0 Å². The van der Waals surface area contributed by atoms with Crippen molar-refractivity contribution in [2.24, 2.45) is 0 Å². The molecule has 0 atom stereocenters. The molecule has 16 heavy (non-hydrogen) atoms. The molecule has 0 heteroatoms. The Balaban J connectivity index is 2.89. The third kappa shape index (κ3) is 4.00. The third-order valence-corrected chi connectivity index (χ3v) is 3.10. The second-order valence-corrected chi connectivity index (χ2v) is 5.09. The van der Waals surface area contributed by atoms with Crippen molar-refractivity contribution >= 4 is 0 Å². The van der Waals surface area contributed by atoms with Crippen molar-refractivity contribution in [2.75, 3.05) is 0 Å². The minimum atomic E-state index is 0.650. The van der Waals surface area contributed by atoms with E-state index in [2.05, 4.69) is 45.9 Å². The molecule has 1 aromatic carbocycles. The van der Waals surface area contributed by atoms with Crippen molar-refractivity contribution in [2.45, 2.75) is 65.7 Å². The molecule has 0 heterocycles. The topological polar surface area (TPSA) is 0 Å². The highest BCUT2D eigenvalue weighted by Crippen LogP contribution is 2.20. The molecule has 0 radical (unpaired) electrons. The van der Waals surface area contributed by atoms with Gasteiger partial charge >= 0.3 is 0 Å². The monoisotopic (exact) mass is 218 g/mol. The Bertz CT molecular complexity index is 310. The number of hydrogen-bond acceptors (Lipinski definition) is 0. The van der Waals surface area contributed by atoms with Crippen LogP contribution in [0.5, 0.6) is 0 Å². The highest BCUT2D eigenvalue weighted by molar-refractivity contribution is 5.32. The van der Waals surface area contributed by atoms with E-state index in [1.165, 1.54) is 48.8 Å². The summed E-state index contributed by atoms with van der Waals surface area (Å²) in [6.07, 6.45) is 6.31. The molecule has 0 aliphatic carbocycles. The van der Waals surface area contributed by atoms with Crippen molar-refractivity contribution in [3.8, 4) is 0 Å². The molecule has 0 unspecified atom stereocenters. The lowest BCUT2D eigenvalue weighted by Crippen LogP contribution is -1.95. The van der Waals surface area contributed by atoms with Gasteiger partial charge < -0.3 is 0 Å². The van der Waals surface area contributed by atoms with Gasteiger partial charge in [-0.05, 0) is 41.9 Å². The first kappa shape index (κ1) is 13.3. The normalized spacial score (nSPS) is 11.1. The zero-order valence-electron chi connectivity index (χ0n) is 11.3. The fraction of sp³-hybridized carbons (Fsp3) is 0.625. The van der Waals surface area contributed by atoms with E-state index in [4.69, 9.17) is 0 Å². The minimum Gasteiger partial charge on any atom is -0.0654 e. The van der Waals surface area contributed by atoms with E-state index in [0.717, 1.165) is 0 Å². The molecule has 0 saturated carbocycles. The van der Waals surface area contributed by atoms with Gasteiger partial charge in [0.25, 0.3) is 0 Å². The summed E-state index contributed by atoms with van der Waals surface area (Å²) < 4.78 is 0. The van der Waals surface area contributed by atoms with Crippen molar-refractivity contribution in [3.05, 3.63) is 34.9 Å². The van der Waals surface area contributed by atoms with E-state index >= 15 is 0 Å². The van der Waals surface area contributed by atoms with Crippen LogP contribution in [0, 0.1) is 0 Å². The molecule has 0 aromatic heterocycles. The lowest BCUT2D eigenvalue weighted by Gasteiger charge is -2.11. The van der Waals surface area contributed by atoms with Gasteiger partial charge in [-0.3, -0.25) is 0 Å². The summed E-state index contributed by atoms with van der Waals surface area (Å²) >= 11 is 0. The fourth-order valence-electron chi connectivity index (χ4n) is 2.08. The Labute approximate surface area is 101 Å². The smallest absolute Gasteiger partial charge is 0.0219 e. The summed E-state index contributed by atoms with van der Waals surface area (Å²) in [6, 6.07) is 7.20. The van der Waals surface area contributed by atoms with Crippen LogP contribution < -0.4 is 0 Å². The van der Waals surface area contributed by atoms with Crippen LogP contribution in [-0.2, 0) is 12.8 Å². The van der Waals surface area contributed by atoms with Gasteiger partial charge in [-0.2, -0.15) is 0 Å². The Hall–Kier alpha value is -0.780. The molecule has 0 nitrogen and oxygen atoms in total. The molecule has 0 bridgehead atoms. The summed E-state index contributed by atoms with van der Waals surface area (Å²) in [7, 11) is 0. The zero-order valence-corrected chi connectivity index (χ0v) is 11.3. The number of benzene rings is 1. The van der Waals surface area contributed by atoms with Gasteiger partial charge in [0.2, 0.25) is 0 Å². The van der Waals surface area contributed by atoms with E-state index < -0.39 is 0 Å². The first-order valence-corrected chi connectivity index (χ1v) is 6.80. The molecule has 0 spiro atoms. The first-order chi connectivity index (χ1) is 7.67. The largest absolute Gasteiger partial charge is 0.0654 e. The molecular formula is C16H26. The predicted octanol–water partition coefficient (Wildman–Crippen LogP) is 5.11. The predicted molar refractivity (Wildman–Crippen MR) is 73.1 cm³/mol. The van der Waals surface area contributed by atoms with Crippen molar-refractivity contribution < 1.29 is 0 Å². The summed E-state index contributed by atoms with van der Waals surface area (Å²) in [4.78, 5) is 0. The van der Waals surface area contributed by atoms with E-state index in [9.17, 15) is 0 Å². The second-order valence-electron chi connectivity index (χ2n) is 5.09. The summed E-state index contributed by atoms with van der Waals surface area (Å²) in [6.45, 7) is 9.09. The number of aryl methyl sites for hydroxylation is 2. The molecule has 0 N–H and O–H groups in total. The van der Waals surface area contributed by atoms with Gasteiger partial charge in [-0.15, -0.1) is 0 Å². The SMILES string of the molecule is CCCCc1cc(CCC)cc(C(C)C)c1. The van der Waals surface area contributed by atoms with Crippen LogP contribution in [-0.4, -0.2) is 0 Å². The van der Waals surface area contributed by atoms with Crippen LogP contribution in [0.25, 0.3) is 0 Å². The maximum Gasteiger partial charge on any atom is -0.0219 e. The molecular weight excluding hydrogens is 192 g/mol. The van der Waals surface area contributed by atoms with Gasteiger partial charge in [0.15, 0.2) is 0 Å². The number of rotatable bonds is 6. The average molecular weight is 218 g/mol. The summed E-state index contributed by atoms with van der Waals surface area (Å²) in [5.41, 5.74) is 4.58. The van der Waals surface area contributed by atoms with Gasteiger partial charge in [0, 0.05) is 0 Å². The Morgan fingerprint density at radius 1 is 0.875 bits per heavy atom. The van der Waals surface area contributed by atoms with E-state index in [0.29, 0.717) is 5.92 Å². The van der Waals surface area contributed by atoms with Gasteiger partial charge in [0.1, 0.15) is 0 Å². The molecule has 0 fully saturated rings. The van der Waals surface area contributed by atoms with Gasteiger partial charge in [0.05, 0.1) is 0 Å². The van der Waals surface area contributed by atoms with Gasteiger partial charge in [-0.1, -0.05) is 58.7 Å². The Kier molecular flexibility index (Phi) is 5.59. The van der Waals surface area contributed by atoms with E-state index in [1.807, 2.05) is 0 Å². The maximum absolute atomic E-state index is 2.41. The van der Waals surface area contributed by atoms with Crippen molar-refractivity contribution in [3.63, 3.8) is 0 Å². The van der Waals surface area contributed by atoms with Crippen LogP contribution in [0.3, 0.4) is 0 Å². The average Bonchev–Trinajstić information content (AvgIpc) is 2.26. The van der Waals surface area contributed by atoms with E-state index in [-0.39, 0.29) is 0 Å². The summed E-state index contributed by atoms with van der Waals surface area (Å²) in [5, 5.41) is 0.